The van der Waals surface area contributed by atoms with Crippen LogP contribution in [0, 0.1) is 17.0 Å². The summed E-state index contributed by atoms with van der Waals surface area (Å²) in [5.41, 5.74) is 12.8. The molecular weight excluding hydrogens is 943 g/mol. The van der Waals surface area contributed by atoms with E-state index in [1.54, 1.807) is 12.3 Å². The number of halogens is 2. The molecule has 0 aliphatic rings. The molecule has 1 heterocycles. The molecule has 3 unspecified atom stereocenters. The van der Waals surface area contributed by atoms with Gasteiger partial charge in [-0.05, 0) is 67.5 Å². The molecule has 0 bridgehead atoms. The van der Waals surface area contributed by atoms with Gasteiger partial charge >= 0.3 is 5.97 Å². The Labute approximate surface area is 419 Å². The topological polar surface area (TPSA) is 288 Å². The fourth-order valence-electron chi connectivity index (χ4n) is 7.60. The van der Waals surface area contributed by atoms with Gasteiger partial charge in [0.15, 0.2) is 0 Å². The number of aromatic nitrogens is 1. The van der Waals surface area contributed by atoms with Crippen LogP contribution in [-0.4, -0.2) is 159 Å². The minimum absolute atomic E-state index is 0.0111. The molecule has 0 saturated carbocycles. The van der Waals surface area contributed by atoms with Crippen LogP contribution in [0.25, 0.3) is 11.1 Å². The van der Waals surface area contributed by atoms with Crippen LogP contribution in [0.4, 0.5) is 8.78 Å². The third-order valence-electron chi connectivity index (χ3n) is 11.1. The van der Waals surface area contributed by atoms with Crippen LogP contribution >= 0.6 is 0 Å². The van der Waals surface area contributed by atoms with Crippen LogP contribution in [0.5, 0.6) is 0 Å². The van der Waals surface area contributed by atoms with E-state index in [9.17, 15) is 43.4 Å². The first-order chi connectivity index (χ1) is 34.4. The van der Waals surface area contributed by atoms with Gasteiger partial charge in [0.25, 0.3) is 0 Å². The summed E-state index contributed by atoms with van der Waals surface area (Å²) in [4.78, 5) is 76.6. The van der Waals surface area contributed by atoms with Crippen molar-refractivity contribution in [1.82, 2.24) is 30.7 Å². The smallest absolute Gasteiger partial charge is 0.328 e. The van der Waals surface area contributed by atoms with E-state index in [0.717, 1.165) is 36.6 Å². The van der Waals surface area contributed by atoms with Crippen molar-refractivity contribution in [2.24, 2.45) is 16.9 Å². The zero-order valence-corrected chi connectivity index (χ0v) is 41.8. The molecule has 72 heavy (non-hydrogen) atoms. The fourth-order valence-corrected chi connectivity index (χ4v) is 7.60. The molecule has 4 atom stereocenters. The lowest BCUT2D eigenvalue weighted by atomic mass is 9.82. The highest BCUT2D eigenvalue weighted by Gasteiger charge is 2.38. The second-order valence-corrected chi connectivity index (χ2v) is 18.0. The SMILES string of the molecule is CC(=O)NC(CCCCN)C(=O)NCCOCCOCCOCCOCCC(=O)NC[C@@H](NC(=O)C(N)CCN(C(=O)CO)C(c1cc(-c2cc(F)ccc2F)cn1Cc1ccccc1)C(C)(C)C)C(=O)O. The highest BCUT2D eigenvalue weighted by atomic mass is 19.1. The van der Waals surface area contributed by atoms with Crippen molar-refractivity contribution in [3.63, 3.8) is 0 Å². The van der Waals surface area contributed by atoms with Crippen molar-refractivity contribution >= 4 is 35.5 Å². The molecule has 3 rings (SSSR count). The van der Waals surface area contributed by atoms with Crippen LogP contribution < -0.4 is 32.7 Å². The molecule has 0 radical (unpaired) electrons. The van der Waals surface area contributed by atoms with Gasteiger partial charge in [0, 0.05) is 62.5 Å². The summed E-state index contributed by atoms with van der Waals surface area (Å²) in [6.45, 7) is 8.41. The minimum Gasteiger partial charge on any atom is -0.480 e. The number of carboxylic acids is 1. The zero-order valence-electron chi connectivity index (χ0n) is 41.8. The number of ether oxygens (including phenoxy) is 4. The summed E-state index contributed by atoms with van der Waals surface area (Å²) >= 11 is 0. The Morgan fingerprint density at radius 3 is 2.03 bits per heavy atom. The average molecular weight is 1020 g/mol. The molecule has 0 fully saturated rings. The molecule has 10 N–H and O–H groups in total. The predicted octanol–water partition coefficient (Wildman–Crippen LogP) is 2.00. The molecule has 400 valence electrons. The highest BCUT2D eigenvalue weighted by Crippen LogP contribution is 2.41. The number of unbranched alkanes of at least 4 members (excludes halogenated alkanes) is 1. The lowest BCUT2D eigenvalue weighted by molar-refractivity contribution is -0.142. The summed E-state index contributed by atoms with van der Waals surface area (Å²) in [6, 6.07) is 9.88. The van der Waals surface area contributed by atoms with Crippen molar-refractivity contribution in [3.05, 3.63) is 83.7 Å². The number of aliphatic hydroxyl groups is 1. The Kier molecular flexibility index (Phi) is 27.1. The van der Waals surface area contributed by atoms with Gasteiger partial charge in [-0.1, -0.05) is 51.1 Å². The van der Waals surface area contributed by atoms with Crippen molar-refractivity contribution in [1.29, 1.82) is 0 Å². The van der Waals surface area contributed by atoms with Gasteiger partial charge in [-0.25, -0.2) is 13.6 Å². The Morgan fingerprint density at radius 1 is 0.792 bits per heavy atom. The van der Waals surface area contributed by atoms with E-state index in [1.165, 1.54) is 11.8 Å². The lowest BCUT2D eigenvalue weighted by Gasteiger charge is -2.41. The first kappa shape index (κ1) is 60.4. The maximum Gasteiger partial charge on any atom is 0.328 e. The van der Waals surface area contributed by atoms with Gasteiger partial charge in [0.05, 0.1) is 64.9 Å². The number of hydrogen-bond acceptors (Lipinski definition) is 13. The Bertz CT molecular complexity index is 2160. The van der Waals surface area contributed by atoms with Crippen molar-refractivity contribution in [2.45, 2.75) is 90.5 Å². The molecule has 5 amide bonds. The van der Waals surface area contributed by atoms with E-state index in [4.69, 9.17) is 30.4 Å². The van der Waals surface area contributed by atoms with Crippen molar-refractivity contribution in [2.75, 3.05) is 85.6 Å². The highest BCUT2D eigenvalue weighted by molar-refractivity contribution is 5.88. The molecule has 2 aromatic carbocycles. The first-order valence-electron chi connectivity index (χ1n) is 24.1. The molecular formula is C50H74F2N8O12. The minimum atomic E-state index is -1.55. The van der Waals surface area contributed by atoms with Gasteiger partial charge in [-0.2, -0.15) is 0 Å². The number of carbonyl (C=O) groups excluding carboxylic acids is 5. The number of carboxylic acid groups (broad SMARTS) is 1. The fraction of sp³-hybridized carbons (Fsp3) is 0.560. The van der Waals surface area contributed by atoms with Gasteiger partial charge in [-0.15, -0.1) is 0 Å². The van der Waals surface area contributed by atoms with Gasteiger partial charge < -0.3 is 71.4 Å². The van der Waals surface area contributed by atoms with E-state index < -0.39 is 78.1 Å². The van der Waals surface area contributed by atoms with E-state index in [-0.39, 0.29) is 76.3 Å². The van der Waals surface area contributed by atoms with E-state index in [2.05, 4.69) is 21.3 Å². The van der Waals surface area contributed by atoms with E-state index in [0.29, 0.717) is 50.6 Å². The van der Waals surface area contributed by atoms with E-state index >= 15 is 4.39 Å². The molecule has 0 saturated heterocycles. The Morgan fingerprint density at radius 2 is 1.43 bits per heavy atom. The number of amides is 5. The zero-order chi connectivity index (χ0) is 53.1. The third kappa shape index (κ3) is 21.9. The molecule has 1 aromatic heterocycles. The summed E-state index contributed by atoms with van der Waals surface area (Å²) in [7, 11) is 0. The standard InChI is InChI=1S/C50H74F2N8O12/c1-34(62)57-41(12-8-9-17-53)48(66)55-18-21-70-23-25-72-27-26-71-24-22-69-20-16-44(63)56-30-42(49(67)68)58-47(65)40(54)15-19-60(45(64)33-61)46(50(2,3)4)43-28-36(38-29-37(51)13-14-39(38)52)32-59(43)31-35-10-6-5-7-11-35/h5-7,10-11,13-14,28-29,32,40-42,46,61H,8-9,12,15-27,30-31,33,53-54H2,1-4H3,(H,55,66)(H,56,63)(H,57,62)(H,58,65)(H,67,68)/t40?,41?,42-,46?/m1/s1. The largest absolute Gasteiger partial charge is 0.480 e. The average Bonchev–Trinajstić information content (AvgIpc) is 3.74. The summed E-state index contributed by atoms with van der Waals surface area (Å²) in [6.07, 6.45) is 3.38. The molecule has 3 aromatic rings. The second-order valence-electron chi connectivity index (χ2n) is 18.0. The van der Waals surface area contributed by atoms with E-state index in [1.807, 2.05) is 55.7 Å². The van der Waals surface area contributed by atoms with Crippen LogP contribution in [0.15, 0.2) is 60.8 Å². The number of benzene rings is 2. The maximum absolute atomic E-state index is 15.1. The van der Waals surface area contributed by atoms with Gasteiger partial charge in [-0.3, -0.25) is 24.0 Å². The number of nitrogens with two attached hydrogens (primary N) is 2. The molecule has 20 nitrogen and oxygen atoms in total. The summed E-state index contributed by atoms with van der Waals surface area (Å²) in [5, 5.41) is 30.2. The quantitative estimate of drug-likeness (QED) is 0.0392. The number of carbonyl (C=O) groups is 6. The number of aliphatic carboxylic acids is 1. The first-order valence-corrected chi connectivity index (χ1v) is 24.1. The van der Waals surface area contributed by atoms with Crippen LogP contribution in [-0.2, 0) is 54.3 Å². The Balaban J connectivity index is 1.41. The third-order valence-corrected chi connectivity index (χ3v) is 11.1. The number of nitrogens with one attached hydrogen (secondary N) is 4. The lowest BCUT2D eigenvalue weighted by Crippen LogP contribution is -2.53. The number of nitrogens with zero attached hydrogens (tertiary/aromatic N) is 2. The van der Waals surface area contributed by atoms with Gasteiger partial charge in [0.1, 0.15) is 30.3 Å². The number of hydrogen-bond donors (Lipinski definition) is 8. The summed E-state index contributed by atoms with van der Waals surface area (Å²) in [5.74, 6) is -5.37. The summed E-state index contributed by atoms with van der Waals surface area (Å²) < 4.78 is 53.1. The maximum atomic E-state index is 15.1. The predicted molar refractivity (Wildman–Crippen MR) is 263 cm³/mol. The Hall–Kier alpha value is -5.88. The van der Waals surface area contributed by atoms with Crippen LogP contribution in [0.1, 0.15) is 77.1 Å². The number of rotatable bonds is 35. The number of aliphatic hydroxyl groups excluding tert-OH is 1. The molecule has 0 aliphatic heterocycles. The normalized spacial score (nSPS) is 13.1. The second kappa shape index (κ2) is 32.2. The van der Waals surface area contributed by atoms with Crippen molar-refractivity contribution in [3.8, 4) is 11.1 Å². The van der Waals surface area contributed by atoms with Gasteiger partial charge in [0.2, 0.25) is 29.5 Å². The van der Waals surface area contributed by atoms with Crippen LogP contribution in [0.2, 0.25) is 0 Å². The van der Waals surface area contributed by atoms with Crippen LogP contribution in [0.3, 0.4) is 0 Å². The monoisotopic (exact) mass is 1020 g/mol. The molecule has 0 aliphatic carbocycles. The molecule has 0 spiro atoms. The van der Waals surface area contributed by atoms with Crippen molar-refractivity contribution < 1.29 is 66.7 Å². The molecule has 22 heteroatoms.